The molecule has 1 saturated heterocycles. The van der Waals surface area contributed by atoms with Gasteiger partial charge in [-0.2, -0.15) is 0 Å². The summed E-state index contributed by atoms with van der Waals surface area (Å²) in [5.74, 6) is 0.122. The van der Waals surface area contributed by atoms with E-state index in [4.69, 9.17) is 14.2 Å². The van der Waals surface area contributed by atoms with E-state index in [1.165, 1.54) is 0 Å². The van der Waals surface area contributed by atoms with Gasteiger partial charge in [0.15, 0.2) is 6.29 Å². The van der Waals surface area contributed by atoms with E-state index in [-0.39, 0.29) is 29.7 Å². The summed E-state index contributed by atoms with van der Waals surface area (Å²) in [6.45, 7) is 18.1. The van der Waals surface area contributed by atoms with Gasteiger partial charge in [-0.05, 0) is 40.4 Å². The first kappa shape index (κ1) is 24.7. The first-order valence-corrected chi connectivity index (χ1v) is 11.0. The first-order valence-electron chi connectivity index (χ1n) is 11.0. The summed E-state index contributed by atoms with van der Waals surface area (Å²) in [5.41, 5.74) is 2.08. The molecular weight excluding hydrogens is 380 g/mol. The topological polar surface area (TPSA) is 65.0 Å². The van der Waals surface area contributed by atoms with E-state index in [1.807, 2.05) is 26.0 Å². The minimum atomic E-state index is -0.395. The average molecular weight is 421 g/mol. The molecule has 0 atom stereocenters. The first-order chi connectivity index (χ1) is 13.7. The SMILES string of the molecule is CC(C)(C)c1cc(CCC(=O)OCC(C)(C)C2OCCCO2)cc(C(C)(C)C)c1O. The van der Waals surface area contributed by atoms with Crippen molar-refractivity contribution >= 4 is 5.97 Å². The molecule has 1 aliphatic heterocycles. The van der Waals surface area contributed by atoms with Gasteiger partial charge in [-0.1, -0.05) is 67.5 Å². The van der Waals surface area contributed by atoms with E-state index in [0.717, 1.165) is 23.1 Å². The van der Waals surface area contributed by atoms with Crippen molar-refractivity contribution in [3.63, 3.8) is 0 Å². The molecule has 170 valence electrons. The lowest BCUT2D eigenvalue weighted by Crippen LogP contribution is -2.41. The molecule has 1 aromatic carbocycles. The van der Waals surface area contributed by atoms with Crippen LogP contribution in [0.4, 0.5) is 0 Å². The number of carbonyl (C=O) groups is 1. The van der Waals surface area contributed by atoms with Gasteiger partial charge in [0.1, 0.15) is 12.4 Å². The van der Waals surface area contributed by atoms with E-state index in [1.54, 1.807) is 0 Å². The second-order valence-corrected chi connectivity index (χ2v) is 11.1. The third-order valence-corrected chi connectivity index (χ3v) is 5.47. The molecule has 5 nitrogen and oxygen atoms in total. The Kier molecular flexibility index (Phi) is 7.63. The zero-order chi connectivity index (χ0) is 22.7. The van der Waals surface area contributed by atoms with Crippen molar-refractivity contribution in [2.75, 3.05) is 19.8 Å². The van der Waals surface area contributed by atoms with Gasteiger partial charge in [0, 0.05) is 11.8 Å². The summed E-state index contributed by atoms with van der Waals surface area (Å²) in [4.78, 5) is 12.4. The van der Waals surface area contributed by atoms with Crippen LogP contribution in [0.15, 0.2) is 12.1 Å². The average Bonchev–Trinajstić information content (AvgIpc) is 2.64. The molecule has 0 spiro atoms. The highest BCUT2D eigenvalue weighted by Crippen LogP contribution is 2.40. The number of carbonyl (C=O) groups excluding carboxylic acids is 1. The zero-order valence-electron chi connectivity index (χ0n) is 20.1. The van der Waals surface area contributed by atoms with Crippen LogP contribution in [0.5, 0.6) is 5.75 Å². The minimum Gasteiger partial charge on any atom is -0.507 e. The maximum Gasteiger partial charge on any atom is 0.306 e. The van der Waals surface area contributed by atoms with Gasteiger partial charge in [0.2, 0.25) is 0 Å². The Balaban J connectivity index is 2.05. The standard InChI is InChI=1S/C25H40O5/c1-23(2,3)18-14-17(15-19(21(18)27)24(4,5)6)10-11-20(26)30-16-25(7,8)22-28-12-9-13-29-22/h14-15,22,27H,9-13,16H2,1-8H3. The number of phenols is 1. The maximum atomic E-state index is 12.4. The number of rotatable bonds is 6. The highest BCUT2D eigenvalue weighted by Gasteiger charge is 2.34. The molecule has 1 aliphatic rings. The third kappa shape index (κ3) is 6.45. The number of aromatic hydroxyl groups is 1. The molecule has 0 saturated carbocycles. The van der Waals surface area contributed by atoms with Gasteiger partial charge in [0.25, 0.3) is 0 Å². The monoisotopic (exact) mass is 420 g/mol. The lowest BCUT2D eigenvalue weighted by Gasteiger charge is -2.35. The van der Waals surface area contributed by atoms with Crippen LogP contribution in [-0.2, 0) is 36.3 Å². The predicted molar refractivity (Wildman–Crippen MR) is 119 cm³/mol. The van der Waals surface area contributed by atoms with Crippen LogP contribution in [0.1, 0.15) is 84.9 Å². The predicted octanol–water partition coefficient (Wildman–Crippen LogP) is 5.25. The van der Waals surface area contributed by atoms with Crippen molar-refractivity contribution in [1.29, 1.82) is 0 Å². The molecule has 0 radical (unpaired) electrons. The summed E-state index contributed by atoms with van der Waals surface area (Å²) in [6, 6.07) is 4.04. The van der Waals surface area contributed by atoms with Gasteiger partial charge in [0.05, 0.1) is 13.2 Å². The maximum absolute atomic E-state index is 12.4. The minimum absolute atomic E-state index is 0.190. The quantitative estimate of drug-likeness (QED) is 0.637. The number of phenolic OH excluding ortho intramolecular Hbond substituents is 1. The fourth-order valence-corrected chi connectivity index (χ4v) is 3.57. The largest absolute Gasteiger partial charge is 0.507 e. The van der Waals surface area contributed by atoms with Crippen LogP contribution in [-0.4, -0.2) is 37.2 Å². The summed E-state index contributed by atoms with van der Waals surface area (Å²) >= 11 is 0. The second kappa shape index (κ2) is 9.27. The number of esters is 1. The van der Waals surface area contributed by atoms with Crippen molar-refractivity contribution < 1.29 is 24.1 Å². The number of hydrogen-bond acceptors (Lipinski definition) is 5. The number of ether oxygens (including phenoxy) is 3. The van der Waals surface area contributed by atoms with E-state index < -0.39 is 5.41 Å². The molecule has 1 N–H and O–H groups in total. The molecule has 0 unspecified atom stereocenters. The van der Waals surface area contributed by atoms with Crippen LogP contribution in [0.2, 0.25) is 0 Å². The van der Waals surface area contributed by atoms with E-state index in [9.17, 15) is 9.90 Å². The molecule has 2 rings (SSSR count). The normalized spacial score (nSPS) is 16.5. The molecule has 0 aromatic heterocycles. The van der Waals surface area contributed by atoms with Crippen LogP contribution >= 0.6 is 0 Å². The summed E-state index contributed by atoms with van der Waals surface area (Å²) < 4.78 is 16.9. The fourth-order valence-electron chi connectivity index (χ4n) is 3.57. The fraction of sp³-hybridized carbons (Fsp3) is 0.720. The van der Waals surface area contributed by atoms with Crippen LogP contribution in [0, 0.1) is 5.41 Å². The second-order valence-electron chi connectivity index (χ2n) is 11.1. The molecule has 0 aliphatic carbocycles. The smallest absolute Gasteiger partial charge is 0.306 e. The van der Waals surface area contributed by atoms with Crippen LogP contribution in [0.25, 0.3) is 0 Å². The van der Waals surface area contributed by atoms with Crippen molar-refractivity contribution in [3.05, 3.63) is 28.8 Å². The molecular formula is C25H40O5. The molecule has 1 heterocycles. The molecule has 0 bridgehead atoms. The Morgan fingerprint density at radius 3 is 1.97 bits per heavy atom. The Bertz CT molecular complexity index is 696. The lowest BCUT2D eigenvalue weighted by atomic mass is 9.78. The summed E-state index contributed by atoms with van der Waals surface area (Å²) in [5, 5.41) is 10.8. The third-order valence-electron chi connectivity index (χ3n) is 5.47. The van der Waals surface area contributed by atoms with Crippen molar-refractivity contribution in [1.82, 2.24) is 0 Å². The molecule has 1 fully saturated rings. The Labute approximate surface area is 182 Å². The van der Waals surface area contributed by atoms with Crippen LogP contribution in [0.3, 0.4) is 0 Å². The van der Waals surface area contributed by atoms with Gasteiger partial charge in [-0.25, -0.2) is 0 Å². The van der Waals surface area contributed by atoms with Crippen molar-refractivity contribution in [2.45, 2.75) is 91.8 Å². The van der Waals surface area contributed by atoms with Crippen molar-refractivity contribution in [3.8, 4) is 5.75 Å². The van der Waals surface area contributed by atoms with Crippen LogP contribution < -0.4 is 0 Å². The Morgan fingerprint density at radius 1 is 1.00 bits per heavy atom. The van der Waals surface area contributed by atoms with Crippen molar-refractivity contribution in [2.24, 2.45) is 5.41 Å². The molecule has 0 amide bonds. The highest BCUT2D eigenvalue weighted by molar-refractivity contribution is 5.69. The summed E-state index contributed by atoms with van der Waals surface area (Å²) in [7, 11) is 0. The number of aryl methyl sites for hydroxylation is 1. The highest BCUT2D eigenvalue weighted by atomic mass is 16.7. The zero-order valence-corrected chi connectivity index (χ0v) is 20.1. The van der Waals surface area contributed by atoms with Gasteiger partial charge in [-0.15, -0.1) is 0 Å². The van der Waals surface area contributed by atoms with Gasteiger partial charge < -0.3 is 19.3 Å². The Morgan fingerprint density at radius 2 is 1.50 bits per heavy atom. The lowest BCUT2D eigenvalue weighted by molar-refractivity contribution is -0.237. The molecule has 5 heteroatoms. The van der Waals surface area contributed by atoms with E-state index in [2.05, 4.69) is 41.5 Å². The van der Waals surface area contributed by atoms with Gasteiger partial charge >= 0.3 is 5.97 Å². The van der Waals surface area contributed by atoms with E-state index >= 15 is 0 Å². The molecule has 1 aromatic rings. The Hall–Kier alpha value is -1.59. The van der Waals surface area contributed by atoms with E-state index in [0.29, 0.717) is 31.8 Å². The summed E-state index contributed by atoms with van der Waals surface area (Å²) in [6.07, 6.45) is 1.41. The molecule has 30 heavy (non-hydrogen) atoms. The number of hydrogen-bond donors (Lipinski definition) is 1. The van der Waals surface area contributed by atoms with Gasteiger partial charge in [-0.3, -0.25) is 4.79 Å². The number of benzene rings is 1.